The van der Waals surface area contributed by atoms with E-state index >= 15 is 0 Å². The van der Waals surface area contributed by atoms with Crippen molar-refractivity contribution in [3.63, 3.8) is 0 Å². The quantitative estimate of drug-likeness (QED) is 0.281. The van der Waals surface area contributed by atoms with Crippen LogP contribution in [0.1, 0.15) is 33.1 Å². The van der Waals surface area contributed by atoms with E-state index in [2.05, 4.69) is 29.6 Å². The van der Waals surface area contributed by atoms with Gasteiger partial charge in [0, 0.05) is 12.6 Å². The molecule has 0 bridgehead atoms. The van der Waals surface area contributed by atoms with Gasteiger partial charge in [0.25, 0.3) is 0 Å². The third-order valence-electron chi connectivity index (χ3n) is 3.05. The molecule has 2 unspecified atom stereocenters. The number of ether oxygens (including phenoxy) is 1. The zero-order valence-corrected chi connectivity index (χ0v) is 10.1. The third-order valence-corrected chi connectivity index (χ3v) is 3.05. The Balaban J connectivity index is 1.96. The molecule has 5 nitrogen and oxygen atoms in total. The van der Waals surface area contributed by atoms with Crippen LogP contribution in [0.3, 0.4) is 0 Å². The molecule has 1 heterocycles. The molecule has 2 atom stereocenters. The number of nitrogens with one attached hydrogen (secondary N) is 2. The molecule has 1 saturated carbocycles. The summed E-state index contributed by atoms with van der Waals surface area (Å²) in [4.78, 5) is 4.62. The highest BCUT2D eigenvalue weighted by molar-refractivity contribution is 5.79. The normalized spacial score (nSPS) is 30.9. The molecule has 0 amide bonds. The molecule has 0 radical (unpaired) electrons. The first-order chi connectivity index (χ1) is 7.70. The fourth-order valence-corrected chi connectivity index (χ4v) is 2.17. The molecule has 2 fully saturated rings. The van der Waals surface area contributed by atoms with Crippen molar-refractivity contribution in [3.05, 3.63) is 0 Å². The Morgan fingerprint density at radius 3 is 2.69 bits per heavy atom. The maximum absolute atomic E-state index is 5.74. The molecule has 5 heteroatoms. The average molecular weight is 226 g/mol. The van der Waals surface area contributed by atoms with Gasteiger partial charge < -0.3 is 10.1 Å². The summed E-state index contributed by atoms with van der Waals surface area (Å²) >= 11 is 0. The minimum atomic E-state index is 0.268. The fourth-order valence-electron chi connectivity index (χ4n) is 2.17. The summed E-state index contributed by atoms with van der Waals surface area (Å²) < 4.78 is 5.74. The van der Waals surface area contributed by atoms with E-state index in [-0.39, 0.29) is 6.04 Å². The van der Waals surface area contributed by atoms with Crippen LogP contribution in [0.5, 0.6) is 0 Å². The van der Waals surface area contributed by atoms with Gasteiger partial charge in [0.05, 0.1) is 12.1 Å². The lowest BCUT2D eigenvalue weighted by Crippen LogP contribution is -2.45. The van der Waals surface area contributed by atoms with Crippen molar-refractivity contribution in [3.8, 4) is 0 Å². The minimum absolute atomic E-state index is 0.268. The van der Waals surface area contributed by atoms with Crippen molar-refractivity contribution in [2.45, 2.75) is 51.3 Å². The highest BCUT2D eigenvalue weighted by atomic mass is 16.5. The Bertz CT molecular complexity index is 263. The molecule has 16 heavy (non-hydrogen) atoms. The molecule has 92 valence electrons. The lowest BCUT2D eigenvalue weighted by molar-refractivity contribution is 0.0874. The molecule has 0 spiro atoms. The maximum atomic E-state index is 5.74. The van der Waals surface area contributed by atoms with Crippen LogP contribution in [0.2, 0.25) is 0 Å². The highest BCUT2D eigenvalue weighted by Crippen LogP contribution is 2.39. The van der Waals surface area contributed by atoms with E-state index < -0.39 is 0 Å². The average Bonchev–Trinajstić information content (AvgIpc) is 2.98. The largest absolute Gasteiger partial charge is 0.376 e. The summed E-state index contributed by atoms with van der Waals surface area (Å²) in [7, 11) is 0. The molecular weight excluding hydrogens is 204 g/mol. The number of nitrogens with two attached hydrogens (primary N) is 1. The first kappa shape index (κ1) is 11.7. The number of nitrogens with zero attached hydrogens (tertiary/aromatic N) is 1. The van der Waals surface area contributed by atoms with Gasteiger partial charge in [-0.05, 0) is 39.0 Å². The predicted molar refractivity (Wildman–Crippen MR) is 63.9 cm³/mol. The van der Waals surface area contributed by atoms with Gasteiger partial charge in [0.2, 0.25) is 5.96 Å². The van der Waals surface area contributed by atoms with Gasteiger partial charge in [0.15, 0.2) is 0 Å². The van der Waals surface area contributed by atoms with Crippen LogP contribution < -0.4 is 16.6 Å². The van der Waals surface area contributed by atoms with Gasteiger partial charge >= 0.3 is 0 Å². The first-order valence-electron chi connectivity index (χ1n) is 6.13. The molecule has 1 saturated heterocycles. The van der Waals surface area contributed by atoms with E-state index in [1.54, 1.807) is 0 Å². The Labute approximate surface area is 96.8 Å². The molecule has 0 aromatic rings. The maximum Gasteiger partial charge on any atom is 0.206 e. The summed E-state index contributed by atoms with van der Waals surface area (Å²) in [5, 5.41) is 3.19. The zero-order chi connectivity index (χ0) is 11.5. The lowest BCUT2D eigenvalue weighted by Gasteiger charge is -2.18. The molecule has 2 aliphatic rings. The number of hydrazine groups is 1. The van der Waals surface area contributed by atoms with Gasteiger partial charge in [-0.25, -0.2) is 10.8 Å². The number of guanidine groups is 1. The van der Waals surface area contributed by atoms with Crippen molar-refractivity contribution in [2.24, 2.45) is 16.8 Å². The second-order valence-corrected chi connectivity index (χ2v) is 4.95. The van der Waals surface area contributed by atoms with E-state index in [4.69, 9.17) is 10.6 Å². The third kappa shape index (κ3) is 2.86. The summed E-state index contributed by atoms with van der Waals surface area (Å²) in [5.41, 5.74) is 2.62. The second-order valence-electron chi connectivity index (χ2n) is 4.95. The Morgan fingerprint density at radius 2 is 2.12 bits per heavy atom. The smallest absolute Gasteiger partial charge is 0.206 e. The highest BCUT2D eigenvalue weighted by Gasteiger charge is 2.40. The summed E-state index contributed by atoms with van der Waals surface area (Å²) in [6, 6.07) is 0.598. The van der Waals surface area contributed by atoms with Gasteiger partial charge in [0.1, 0.15) is 0 Å². The number of rotatable bonds is 3. The van der Waals surface area contributed by atoms with Crippen molar-refractivity contribution < 1.29 is 4.74 Å². The number of aliphatic imine (C=N–C) groups is 1. The number of hydrogen-bond acceptors (Lipinski definition) is 3. The van der Waals surface area contributed by atoms with Gasteiger partial charge in [-0.1, -0.05) is 0 Å². The van der Waals surface area contributed by atoms with Crippen LogP contribution in [-0.4, -0.2) is 30.8 Å². The summed E-state index contributed by atoms with van der Waals surface area (Å²) in [5.74, 6) is 6.86. The Hall–Kier alpha value is -0.810. The lowest BCUT2D eigenvalue weighted by atomic mass is 10.1. The molecular formula is C11H22N4O. The van der Waals surface area contributed by atoms with E-state index in [0.29, 0.717) is 18.1 Å². The Kier molecular flexibility index (Phi) is 3.66. The summed E-state index contributed by atoms with van der Waals surface area (Å²) in [6.45, 7) is 4.96. The number of hydrogen-bond donors (Lipinski definition) is 3. The van der Waals surface area contributed by atoms with Gasteiger partial charge in [-0.15, -0.1) is 0 Å². The first-order valence-corrected chi connectivity index (χ1v) is 6.13. The van der Waals surface area contributed by atoms with Crippen LogP contribution in [0.4, 0.5) is 0 Å². The van der Waals surface area contributed by atoms with E-state index in [0.717, 1.165) is 18.9 Å². The topological polar surface area (TPSA) is 71.7 Å². The van der Waals surface area contributed by atoms with Gasteiger partial charge in [-0.2, -0.15) is 0 Å². The molecule has 0 aromatic carbocycles. The van der Waals surface area contributed by atoms with E-state index in [1.165, 1.54) is 12.8 Å². The standard InChI is InChI=1S/C11H22N4O/c1-7(2)13-11(15-12)14-9-5-6-16-10(9)8-3-4-8/h7-10H,3-6,12H2,1-2H3,(H2,13,14,15). The van der Waals surface area contributed by atoms with Crippen molar-refractivity contribution in [1.29, 1.82) is 0 Å². The van der Waals surface area contributed by atoms with Crippen LogP contribution in [0, 0.1) is 5.92 Å². The monoisotopic (exact) mass is 226 g/mol. The Morgan fingerprint density at radius 1 is 1.38 bits per heavy atom. The second kappa shape index (κ2) is 5.01. The van der Waals surface area contributed by atoms with Crippen LogP contribution >= 0.6 is 0 Å². The predicted octanol–water partition coefficient (Wildman–Crippen LogP) is 0.371. The summed E-state index contributed by atoms with van der Waals surface area (Å²) in [6.07, 6.45) is 3.91. The van der Waals surface area contributed by atoms with Crippen LogP contribution in [0.15, 0.2) is 4.99 Å². The molecule has 1 aliphatic carbocycles. The molecule has 0 aromatic heterocycles. The molecule has 4 N–H and O–H groups in total. The SMILES string of the molecule is CC(C)NC(=NC1CCOC1C1CC1)NN. The zero-order valence-electron chi connectivity index (χ0n) is 10.1. The molecule has 1 aliphatic heterocycles. The van der Waals surface area contributed by atoms with E-state index in [9.17, 15) is 0 Å². The van der Waals surface area contributed by atoms with Crippen molar-refractivity contribution in [1.82, 2.24) is 10.7 Å². The van der Waals surface area contributed by atoms with Crippen molar-refractivity contribution in [2.75, 3.05) is 6.61 Å². The van der Waals surface area contributed by atoms with E-state index in [1.807, 2.05) is 0 Å². The fraction of sp³-hybridized carbons (Fsp3) is 0.909. The molecule has 2 rings (SSSR count). The minimum Gasteiger partial charge on any atom is -0.376 e. The van der Waals surface area contributed by atoms with Crippen molar-refractivity contribution >= 4 is 5.96 Å². The van der Waals surface area contributed by atoms with Crippen LogP contribution in [0.25, 0.3) is 0 Å². The van der Waals surface area contributed by atoms with Gasteiger partial charge in [-0.3, -0.25) is 5.43 Å². The van der Waals surface area contributed by atoms with Crippen LogP contribution in [-0.2, 0) is 4.74 Å².